The van der Waals surface area contributed by atoms with Crippen LogP contribution in [0, 0.1) is 5.92 Å². The zero-order valence-electron chi connectivity index (χ0n) is 11.1. The van der Waals surface area contributed by atoms with Gasteiger partial charge in [0.15, 0.2) is 0 Å². The number of halogens is 1. The first-order valence-electron chi connectivity index (χ1n) is 6.84. The third-order valence-corrected chi connectivity index (χ3v) is 4.26. The molecule has 1 saturated heterocycles. The molecule has 3 atom stereocenters. The van der Waals surface area contributed by atoms with Gasteiger partial charge in [-0.3, -0.25) is 4.98 Å². The lowest BCUT2D eigenvalue weighted by molar-refractivity contribution is 0.0901. The number of fused-ring (bicyclic) bond motifs is 1. The van der Waals surface area contributed by atoms with Gasteiger partial charge >= 0.3 is 0 Å². The molecule has 1 aromatic heterocycles. The Bertz CT molecular complexity index is 571. The van der Waals surface area contributed by atoms with Gasteiger partial charge in [-0.25, -0.2) is 0 Å². The molecule has 2 nitrogen and oxygen atoms in total. The van der Waals surface area contributed by atoms with Crippen LogP contribution >= 0.6 is 11.6 Å². The van der Waals surface area contributed by atoms with E-state index in [2.05, 4.69) is 30.1 Å². The zero-order valence-corrected chi connectivity index (χ0v) is 11.8. The summed E-state index contributed by atoms with van der Waals surface area (Å²) in [5.74, 6) is 0.544. The second-order valence-corrected chi connectivity index (χ2v) is 5.88. The van der Waals surface area contributed by atoms with Gasteiger partial charge in [-0.05, 0) is 24.5 Å². The molecule has 0 aliphatic carbocycles. The van der Waals surface area contributed by atoms with Gasteiger partial charge in [0.2, 0.25) is 0 Å². The van der Waals surface area contributed by atoms with Gasteiger partial charge in [-0.15, -0.1) is 11.6 Å². The van der Waals surface area contributed by atoms with E-state index in [1.807, 2.05) is 18.2 Å². The van der Waals surface area contributed by atoms with Crippen molar-refractivity contribution >= 4 is 22.5 Å². The first kappa shape index (κ1) is 12.9. The standard InChI is InChI=1S/C16H18ClNO/c1-11-8-9-19-16(11)14(17)10-13-7-6-12-4-2-3-5-15(12)18-13/h2-7,11,14,16H,8-10H2,1H3. The van der Waals surface area contributed by atoms with Crippen LogP contribution in [0.3, 0.4) is 0 Å². The largest absolute Gasteiger partial charge is 0.376 e. The minimum absolute atomic E-state index is 0.00571. The number of para-hydroxylation sites is 1. The first-order chi connectivity index (χ1) is 9.24. The Morgan fingerprint density at radius 3 is 2.95 bits per heavy atom. The fourth-order valence-electron chi connectivity index (χ4n) is 2.72. The van der Waals surface area contributed by atoms with Crippen LogP contribution in [-0.2, 0) is 11.2 Å². The van der Waals surface area contributed by atoms with Crippen LogP contribution in [-0.4, -0.2) is 23.1 Å². The molecular weight excluding hydrogens is 258 g/mol. The monoisotopic (exact) mass is 275 g/mol. The number of pyridine rings is 1. The molecule has 0 N–H and O–H groups in total. The Morgan fingerprint density at radius 2 is 2.16 bits per heavy atom. The second-order valence-electron chi connectivity index (χ2n) is 5.32. The van der Waals surface area contributed by atoms with Gasteiger partial charge in [-0.2, -0.15) is 0 Å². The van der Waals surface area contributed by atoms with E-state index in [0.717, 1.165) is 30.7 Å². The van der Waals surface area contributed by atoms with Crippen molar-refractivity contribution in [2.24, 2.45) is 5.92 Å². The van der Waals surface area contributed by atoms with Crippen molar-refractivity contribution in [1.29, 1.82) is 0 Å². The predicted molar refractivity (Wildman–Crippen MR) is 78.6 cm³/mol. The van der Waals surface area contributed by atoms with Gasteiger partial charge in [0.05, 0.1) is 17.0 Å². The minimum atomic E-state index is 0.00571. The van der Waals surface area contributed by atoms with Crippen molar-refractivity contribution < 1.29 is 4.74 Å². The maximum atomic E-state index is 6.50. The summed E-state index contributed by atoms with van der Waals surface area (Å²) in [4.78, 5) is 4.67. The fraction of sp³-hybridized carbons (Fsp3) is 0.438. The van der Waals surface area contributed by atoms with E-state index in [-0.39, 0.29) is 11.5 Å². The number of aromatic nitrogens is 1. The van der Waals surface area contributed by atoms with Gasteiger partial charge in [-0.1, -0.05) is 31.2 Å². The molecule has 0 radical (unpaired) electrons. The highest BCUT2D eigenvalue weighted by Crippen LogP contribution is 2.27. The molecule has 0 bridgehead atoms. The Labute approximate surface area is 118 Å². The molecule has 2 heterocycles. The lowest BCUT2D eigenvalue weighted by Gasteiger charge is -2.20. The summed E-state index contributed by atoms with van der Waals surface area (Å²) in [5.41, 5.74) is 2.07. The molecule has 1 aliphatic heterocycles. The third kappa shape index (κ3) is 2.75. The van der Waals surface area contributed by atoms with Gasteiger partial charge in [0.25, 0.3) is 0 Å². The van der Waals surface area contributed by atoms with E-state index >= 15 is 0 Å². The summed E-state index contributed by atoms with van der Waals surface area (Å²) >= 11 is 6.50. The molecular formula is C16H18ClNO. The average molecular weight is 276 g/mol. The highest BCUT2D eigenvalue weighted by molar-refractivity contribution is 6.21. The molecule has 100 valence electrons. The van der Waals surface area contributed by atoms with Gasteiger partial charge < -0.3 is 4.74 Å². The number of nitrogens with zero attached hydrogens (tertiary/aromatic N) is 1. The van der Waals surface area contributed by atoms with Crippen LogP contribution in [0.15, 0.2) is 36.4 Å². The summed E-state index contributed by atoms with van der Waals surface area (Å²) in [5, 5.41) is 1.18. The number of benzene rings is 1. The van der Waals surface area contributed by atoms with E-state index in [1.54, 1.807) is 0 Å². The van der Waals surface area contributed by atoms with Crippen LogP contribution in [0.5, 0.6) is 0 Å². The number of ether oxygens (including phenoxy) is 1. The Balaban J connectivity index is 1.77. The lowest BCUT2D eigenvalue weighted by Crippen LogP contribution is -2.27. The summed E-state index contributed by atoms with van der Waals surface area (Å²) in [6.45, 7) is 3.04. The Hall–Kier alpha value is -1.12. The highest BCUT2D eigenvalue weighted by atomic mass is 35.5. The minimum Gasteiger partial charge on any atom is -0.376 e. The van der Waals surface area contributed by atoms with Crippen LogP contribution in [0.25, 0.3) is 10.9 Å². The molecule has 3 rings (SSSR count). The first-order valence-corrected chi connectivity index (χ1v) is 7.28. The summed E-state index contributed by atoms with van der Waals surface area (Å²) in [7, 11) is 0. The highest BCUT2D eigenvalue weighted by Gasteiger charge is 2.31. The van der Waals surface area contributed by atoms with Crippen molar-refractivity contribution in [3.8, 4) is 0 Å². The fourth-order valence-corrected chi connectivity index (χ4v) is 3.20. The lowest BCUT2D eigenvalue weighted by atomic mass is 9.98. The zero-order chi connectivity index (χ0) is 13.2. The normalized spacial score (nSPS) is 24.7. The topological polar surface area (TPSA) is 22.1 Å². The van der Waals surface area contributed by atoms with Crippen LogP contribution in [0.1, 0.15) is 19.0 Å². The molecule has 0 spiro atoms. The van der Waals surface area contributed by atoms with Crippen molar-refractivity contribution in [2.75, 3.05) is 6.61 Å². The number of hydrogen-bond acceptors (Lipinski definition) is 2. The maximum Gasteiger partial charge on any atom is 0.0768 e. The Morgan fingerprint density at radius 1 is 1.32 bits per heavy atom. The Kier molecular flexibility index (Phi) is 3.72. The maximum absolute atomic E-state index is 6.50. The van der Waals surface area contributed by atoms with E-state index in [9.17, 15) is 0 Å². The summed E-state index contributed by atoms with van der Waals surface area (Å²) < 4.78 is 5.73. The summed E-state index contributed by atoms with van der Waals surface area (Å²) in [6.07, 6.45) is 2.04. The molecule has 19 heavy (non-hydrogen) atoms. The quantitative estimate of drug-likeness (QED) is 0.795. The van der Waals surface area contributed by atoms with Gasteiger partial charge in [0.1, 0.15) is 0 Å². The second kappa shape index (κ2) is 5.48. The van der Waals surface area contributed by atoms with Crippen LogP contribution in [0.4, 0.5) is 0 Å². The van der Waals surface area contributed by atoms with Crippen molar-refractivity contribution in [2.45, 2.75) is 31.2 Å². The van der Waals surface area contributed by atoms with E-state index in [1.165, 1.54) is 5.39 Å². The molecule has 3 heteroatoms. The summed E-state index contributed by atoms with van der Waals surface area (Å²) in [6, 6.07) is 12.3. The molecule has 2 aromatic rings. The van der Waals surface area contributed by atoms with Crippen LogP contribution in [0.2, 0.25) is 0 Å². The number of rotatable bonds is 3. The smallest absolute Gasteiger partial charge is 0.0768 e. The SMILES string of the molecule is CC1CCOC1C(Cl)Cc1ccc2ccccc2n1. The van der Waals surface area contributed by atoms with E-state index < -0.39 is 0 Å². The van der Waals surface area contributed by atoms with Gasteiger partial charge in [0, 0.05) is 24.1 Å². The molecule has 0 amide bonds. The molecule has 1 aromatic carbocycles. The molecule has 0 saturated carbocycles. The number of hydrogen-bond donors (Lipinski definition) is 0. The number of alkyl halides is 1. The molecule has 3 unspecified atom stereocenters. The third-order valence-electron chi connectivity index (χ3n) is 3.86. The van der Waals surface area contributed by atoms with Crippen LogP contribution < -0.4 is 0 Å². The van der Waals surface area contributed by atoms with Crippen molar-refractivity contribution in [3.63, 3.8) is 0 Å². The van der Waals surface area contributed by atoms with Crippen molar-refractivity contribution in [3.05, 3.63) is 42.1 Å². The predicted octanol–water partition coefficient (Wildman–Crippen LogP) is 3.81. The average Bonchev–Trinajstić information content (AvgIpc) is 2.85. The van der Waals surface area contributed by atoms with E-state index in [0.29, 0.717) is 5.92 Å². The van der Waals surface area contributed by atoms with Crippen molar-refractivity contribution in [1.82, 2.24) is 4.98 Å². The molecule has 1 fully saturated rings. The van der Waals surface area contributed by atoms with E-state index in [4.69, 9.17) is 16.3 Å². The molecule has 1 aliphatic rings.